The average molecular weight is 528 g/mol. The van der Waals surface area contributed by atoms with Gasteiger partial charge in [-0.2, -0.15) is 9.97 Å². The van der Waals surface area contributed by atoms with E-state index in [0.717, 1.165) is 62.7 Å². The summed E-state index contributed by atoms with van der Waals surface area (Å²) >= 11 is 0. The van der Waals surface area contributed by atoms with Crippen LogP contribution in [0, 0.1) is 0 Å². The molecule has 8 N–H and O–H groups in total. The van der Waals surface area contributed by atoms with Crippen LogP contribution in [0.3, 0.4) is 0 Å². The number of anilines is 3. The van der Waals surface area contributed by atoms with Gasteiger partial charge in [0, 0.05) is 32.8 Å². The highest BCUT2D eigenvalue weighted by Gasteiger charge is 2.10. The zero-order valence-corrected chi connectivity index (χ0v) is 23.3. The molecule has 0 bridgehead atoms. The highest BCUT2D eigenvalue weighted by Crippen LogP contribution is 2.19. The van der Waals surface area contributed by atoms with Crippen molar-refractivity contribution >= 4 is 34.5 Å². The highest BCUT2D eigenvalue weighted by molar-refractivity contribution is 5.81. The summed E-state index contributed by atoms with van der Waals surface area (Å²) in [6, 6.07) is 8.05. The van der Waals surface area contributed by atoms with Crippen molar-refractivity contribution in [3.63, 3.8) is 0 Å². The Bertz CT molecular complexity index is 1100. The first-order valence-electron chi connectivity index (χ1n) is 13.1. The Morgan fingerprint density at radius 3 is 2.42 bits per heavy atom. The Morgan fingerprint density at radius 2 is 1.71 bits per heavy atom. The summed E-state index contributed by atoms with van der Waals surface area (Å²) in [7, 11) is 2.97. The van der Waals surface area contributed by atoms with E-state index in [0.29, 0.717) is 30.7 Å². The van der Waals surface area contributed by atoms with Gasteiger partial charge in [-0.05, 0) is 37.1 Å². The Morgan fingerprint density at radius 1 is 1.03 bits per heavy atom. The summed E-state index contributed by atoms with van der Waals surface area (Å²) < 4.78 is 0. The van der Waals surface area contributed by atoms with Gasteiger partial charge < -0.3 is 32.5 Å². The summed E-state index contributed by atoms with van der Waals surface area (Å²) in [5.74, 6) is 0.368. The van der Waals surface area contributed by atoms with Crippen LogP contribution in [-0.4, -0.2) is 51.7 Å². The molecule has 0 aliphatic carbocycles. The van der Waals surface area contributed by atoms with Gasteiger partial charge in [-0.25, -0.2) is 9.97 Å². The van der Waals surface area contributed by atoms with Crippen LogP contribution in [0.4, 0.5) is 17.5 Å². The minimum absolute atomic E-state index is 0.0746. The Kier molecular flexibility index (Phi) is 15.9. The molecule has 2 heterocycles. The number of nitrogen functional groups attached to an aromatic ring is 2. The number of aromatic nitrogens is 4. The number of hydrogen-bond donors (Lipinski definition) is 5. The quantitative estimate of drug-likeness (QED) is 0.219. The zero-order chi connectivity index (χ0) is 28.3. The number of carbonyl (C=O) groups is 1. The largest absolute Gasteiger partial charge is 0.400 e. The SMILES string of the molecule is CCC.CN(Cc1cnc2nc(N)nc(N)c2n1)c1cccc(CNC(=O)CCCCCCCN)c1.CO. The van der Waals surface area contributed by atoms with Crippen molar-refractivity contribution in [2.24, 2.45) is 5.73 Å². The molecule has 11 heteroatoms. The maximum atomic E-state index is 12.1. The first-order chi connectivity index (χ1) is 18.4. The predicted octanol–water partition coefficient (Wildman–Crippen LogP) is 3.16. The number of aliphatic hydroxyl groups is 1. The van der Waals surface area contributed by atoms with Crippen molar-refractivity contribution in [2.75, 3.05) is 37.1 Å². The topological polar surface area (TPSA) is 182 Å². The molecule has 0 spiro atoms. The van der Waals surface area contributed by atoms with Crippen molar-refractivity contribution in [1.29, 1.82) is 0 Å². The lowest BCUT2D eigenvalue weighted by Crippen LogP contribution is -2.23. The molecule has 0 aliphatic rings. The molecular weight excluding hydrogens is 482 g/mol. The monoisotopic (exact) mass is 527 g/mol. The van der Waals surface area contributed by atoms with Crippen LogP contribution < -0.4 is 27.4 Å². The van der Waals surface area contributed by atoms with Gasteiger partial charge >= 0.3 is 0 Å². The molecule has 0 unspecified atom stereocenters. The first-order valence-corrected chi connectivity index (χ1v) is 13.1. The van der Waals surface area contributed by atoms with Crippen LogP contribution in [0.1, 0.15) is 70.1 Å². The standard InChI is InChI=1S/C23H33N9O.C3H8.CH4O/c1-32(15-17-14-28-22-20(29-17)21(25)30-23(26)31-22)18-9-7-8-16(12-18)13-27-19(33)10-5-3-2-4-6-11-24;1-3-2;1-2/h7-9,12,14H,2-6,10-11,13,15,24H2,1H3,(H,27,33)(H4,25,26,28,30,31);3H2,1-2H3;2H,1H3. The molecule has 3 rings (SSSR count). The van der Waals surface area contributed by atoms with E-state index in [1.165, 1.54) is 6.42 Å². The molecule has 0 fully saturated rings. The highest BCUT2D eigenvalue weighted by atomic mass is 16.2. The summed E-state index contributed by atoms with van der Waals surface area (Å²) in [5.41, 5.74) is 20.6. The first kappa shape index (κ1) is 32.5. The molecule has 210 valence electrons. The Balaban J connectivity index is 0.00000135. The molecule has 2 aromatic heterocycles. The molecule has 1 amide bonds. The minimum atomic E-state index is 0.0746. The molecule has 38 heavy (non-hydrogen) atoms. The van der Waals surface area contributed by atoms with Crippen LogP contribution in [0.2, 0.25) is 0 Å². The molecule has 0 saturated heterocycles. The number of rotatable bonds is 12. The zero-order valence-electron chi connectivity index (χ0n) is 23.3. The summed E-state index contributed by atoms with van der Waals surface area (Å²) in [5, 5.41) is 10.0. The molecule has 0 atom stereocenters. The average Bonchev–Trinajstić information content (AvgIpc) is 2.91. The summed E-state index contributed by atoms with van der Waals surface area (Å²) in [6.07, 6.45) is 8.77. The molecule has 0 saturated carbocycles. The van der Waals surface area contributed by atoms with Gasteiger partial charge in [0.05, 0.1) is 18.4 Å². The molecule has 11 nitrogen and oxygen atoms in total. The fraction of sp³-hybridized carbons (Fsp3) is 0.519. The smallest absolute Gasteiger partial charge is 0.224 e. The molecule has 1 aromatic carbocycles. The van der Waals surface area contributed by atoms with E-state index in [9.17, 15) is 4.79 Å². The second-order valence-corrected chi connectivity index (χ2v) is 8.82. The molecule has 3 aromatic rings. The molecule has 0 radical (unpaired) electrons. The van der Waals surface area contributed by atoms with Gasteiger partial charge in [0.2, 0.25) is 11.9 Å². The number of amides is 1. The van der Waals surface area contributed by atoms with Crippen LogP contribution in [0.25, 0.3) is 11.2 Å². The molecule has 0 aliphatic heterocycles. The van der Waals surface area contributed by atoms with Gasteiger partial charge in [0.15, 0.2) is 17.0 Å². The number of hydrogen-bond acceptors (Lipinski definition) is 10. The number of nitrogens with two attached hydrogens (primary N) is 3. The lowest BCUT2D eigenvalue weighted by molar-refractivity contribution is -0.121. The number of nitrogens with one attached hydrogen (secondary N) is 1. The van der Waals surface area contributed by atoms with Gasteiger partial charge in [0.1, 0.15) is 0 Å². The van der Waals surface area contributed by atoms with Crippen LogP contribution in [0.5, 0.6) is 0 Å². The molecular formula is C27H45N9O2. The number of aliphatic hydroxyl groups excluding tert-OH is 1. The van der Waals surface area contributed by atoms with Gasteiger partial charge in [-0.3, -0.25) is 4.79 Å². The van der Waals surface area contributed by atoms with Crippen molar-refractivity contribution in [1.82, 2.24) is 25.3 Å². The third-order valence-electron chi connectivity index (χ3n) is 5.35. The van der Waals surface area contributed by atoms with E-state index in [1.54, 1.807) is 6.20 Å². The number of benzene rings is 1. The van der Waals surface area contributed by atoms with E-state index in [4.69, 9.17) is 22.3 Å². The van der Waals surface area contributed by atoms with E-state index in [1.807, 2.05) is 25.2 Å². The van der Waals surface area contributed by atoms with Crippen LogP contribution in [0.15, 0.2) is 30.5 Å². The Hall–Kier alpha value is -3.57. The fourth-order valence-corrected chi connectivity index (χ4v) is 3.55. The summed E-state index contributed by atoms with van der Waals surface area (Å²) in [6.45, 7) is 6.01. The second-order valence-electron chi connectivity index (χ2n) is 8.82. The maximum absolute atomic E-state index is 12.1. The lowest BCUT2D eigenvalue weighted by atomic mass is 10.1. The van der Waals surface area contributed by atoms with E-state index < -0.39 is 0 Å². The number of fused-ring (bicyclic) bond motifs is 1. The third-order valence-corrected chi connectivity index (χ3v) is 5.35. The van der Waals surface area contributed by atoms with Crippen molar-refractivity contribution in [3.05, 3.63) is 41.7 Å². The fourth-order valence-electron chi connectivity index (χ4n) is 3.55. The normalized spacial score (nSPS) is 10.2. The van der Waals surface area contributed by atoms with E-state index in [-0.39, 0.29) is 17.7 Å². The van der Waals surface area contributed by atoms with Crippen molar-refractivity contribution in [2.45, 2.75) is 71.9 Å². The van der Waals surface area contributed by atoms with Gasteiger partial charge in [-0.1, -0.05) is 51.7 Å². The number of unbranched alkanes of at least 4 members (excludes halogenated alkanes) is 4. The Labute approximate surface area is 226 Å². The number of carbonyl (C=O) groups excluding carboxylic acids is 1. The maximum Gasteiger partial charge on any atom is 0.224 e. The van der Waals surface area contributed by atoms with Gasteiger partial charge in [-0.15, -0.1) is 0 Å². The second kappa shape index (κ2) is 18.6. The van der Waals surface area contributed by atoms with Crippen LogP contribution >= 0.6 is 0 Å². The van der Waals surface area contributed by atoms with Crippen LogP contribution in [-0.2, 0) is 17.9 Å². The summed E-state index contributed by atoms with van der Waals surface area (Å²) in [4.78, 5) is 31.0. The number of nitrogens with zero attached hydrogens (tertiary/aromatic N) is 5. The van der Waals surface area contributed by atoms with E-state index >= 15 is 0 Å². The predicted molar refractivity (Wildman–Crippen MR) is 155 cm³/mol. The lowest BCUT2D eigenvalue weighted by Gasteiger charge is -2.20. The van der Waals surface area contributed by atoms with Crippen molar-refractivity contribution in [3.8, 4) is 0 Å². The van der Waals surface area contributed by atoms with Crippen molar-refractivity contribution < 1.29 is 9.90 Å². The minimum Gasteiger partial charge on any atom is -0.400 e. The van der Waals surface area contributed by atoms with Gasteiger partial charge in [0.25, 0.3) is 0 Å². The third kappa shape index (κ3) is 11.7. The van der Waals surface area contributed by atoms with E-state index in [2.05, 4.69) is 50.1 Å².